The minimum Gasteiger partial charge on any atom is -0.323 e. The molecule has 1 aromatic rings. The SMILES string of the molecule is CCC1(CC)C(=O)Nc2c(Cl)cccc2C1=O. The van der Waals surface area contributed by atoms with Crippen molar-refractivity contribution in [2.45, 2.75) is 26.7 Å². The highest BCUT2D eigenvalue weighted by atomic mass is 35.5. The van der Waals surface area contributed by atoms with Crippen molar-refractivity contribution in [3.63, 3.8) is 0 Å². The lowest BCUT2D eigenvalue weighted by molar-refractivity contribution is -0.123. The molecule has 3 nitrogen and oxygen atoms in total. The molecule has 1 aliphatic heterocycles. The second-order valence-electron chi connectivity index (χ2n) is 4.23. The minimum absolute atomic E-state index is 0.122. The zero-order valence-corrected chi connectivity index (χ0v) is 10.6. The van der Waals surface area contributed by atoms with Gasteiger partial charge in [-0.25, -0.2) is 0 Å². The number of rotatable bonds is 2. The number of fused-ring (bicyclic) bond motifs is 1. The van der Waals surface area contributed by atoms with Crippen LogP contribution >= 0.6 is 11.6 Å². The van der Waals surface area contributed by atoms with E-state index in [2.05, 4.69) is 5.32 Å². The van der Waals surface area contributed by atoms with E-state index in [1.54, 1.807) is 18.2 Å². The molecule has 0 fully saturated rings. The Labute approximate surface area is 105 Å². The first-order valence-corrected chi connectivity index (χ1v) is 6.09. The van der Waals surface area contributed by atoms with Gasteiger partial charge in [-0.05, 0) is 25.0 Å². The molecule has 2 rings (SSSR count). The summed E-state index contributed by atoms with van der Waals surface area (Å²) in [6.45, 7) is 3.72. The van der Waals surface area contributed by atoms with Gasteiger partial charge in [-0.15, -0.1) is 0 Å². The molecule has 1 aliphatic rings. The Kier molecular flexibility index (Phi) is 2.96. The molecule has 0 aromatic heterocycles. The molecule has 0 radical (unpaired) electrons. The summed E-state index contributed by atoms with van der Waals surface area (Å²) in [6.07, 6.45) is 1.00. The van der Waals surface area contributed by atoms with E-state index >= 15 is 0 Å². The number of halogens is 1. The monoisotopic (exact) mass is 251 g/mol. The third kappa shape index (κ3) is 1.57. The predicted octanol–water partition coefficient (Wildman–Crippen LogP) is 3.28. The highest BCUT2D eigenvalue weighted by Gasteiger charge is 2.47. The Hall–Kier alpha value is -1.35. The Morgan fingerprint density at radius 2 is 1.88 bits per heavy atom. The topological polar surface area (TPSA) is 46.2 Å². The summed E-state index contributed by atoms with van der Waals surface area (Å²) in [6, 6.07) is 5.11. The van der Waals surface area contributed by atoms with Crippen molar-refractivity contribution in [1.82, 2.24) is 0 Å². The summed E-state index contributed by atoms with van der Waals surface area (Å²) in [5, 5.41) is 3.17. The van der Waals surface area contributed by atoms with Crippen molar-refractivity contribution < 1.29 is 9.59 Å². The quantitative estimate of drug-likeness (QED) is 0.820. The number of amides is 1. The molecule has 1 aromatic carbocycles. The molecule has 1 heterocycles. The summed E-state index contributed by atoms with van der Waals surface area (Å²) < 4.78 is 0. The summed E-state index contributed by atoms with van der Waals surface area (Å²) in [5.74, 6) is -0.364. The number of Topliss-reactive ketones (excluding diaryl/α,β-unsaturated/α-hetero) is 1. The van der Waals surface area contributed by atoms with Crippen LogP contribution in [0.5, 0.6) is 0 Å². The molecule has 0 aliphatic carbocycles. The maximum Gasteiger partial charge on any atom is 0.238 e. The van der Waals surface area contributed by atoms with Gasteiger partial charge in [0.2, 0.25) is 5.91 Å². The first-order valence-electron chi connectivity index (χ1n) is 5.71. The number of hydrogen-bond acceptors (Lipinski definition) is 2. The van der Waals surface area contributed by atoms with E-state index in [0.717, 1.165) is 0 Å². The number of hydrogen-bond donors (Lipinski definition) is 1. The number of carbonyl (C=O) groups excluding carboxylic acids is 2. The smallest absolute Gasteiger partial charge is 0.238 e. The second kappa shape index (κ2) is 4.15. The van der Waals surface area contributed by atoms with Crippen LogP contribution in [-0.4, -0.2) is 11.7 Å². The van der Waals surface area contributed by atoms with Gasteiger partial charge in [0, 0.05) is 5.56 Å². The Morgan fingerprint density at radius 1 is 1.24 bits per heavy atom. The molecule has 17 heavy (non-hydrogen) atoms. The van der Waals surface area contributed by atoms with E-state index < -0.39 is 5.41 Å². The van der Waals surface area contributed by atoms with Crippen LogP contribution in [0, 0.1) is 5.41 Å². The molecule has 0 unspecified atom stereocenters. The number of nitrogens with one attached hydrogen (secondary N) is 1. The van der Waals surface area contributed by atoms with Crippen LogP contribution in [0.4, 0.5) is 5.69 Å². The van der Waals surface area contributed by atoms with Gasteiger partial charge < -0.3 is 5.32 Å². The number of carbonyl (C=O) groups is 2. The number of ketones is 1. The molecule has 0 saturated heterocycles. The van der Waals surface area contributed by atoms with Gasteiger partial charge >= 0.3 is 0 Å². The lowest BCUT2D eigenvalue weighted by Gasteiger charge is -2.34. The first kappa shape index (κ1) is 12.1. The summed E-state index contributed by atoms with van der Waals surface area (Å²) >= 11 is 5.99. The van der Waals surface area contributed by atoms with Crippen LogP contribution in [-0.2, 0) is 4.79 Å². The predicted molar refractivity (Wildman–Crippen MR) is 67.4 cm³/mol. The van der Waals surface area contributed by atoms with Crippen molar-refractivity contribution in [2.24, 2.45) is 5.41 Å². The molecular formula is C13H14ClNO2. The molecule has 0 bridgehead atoms. The fourth-order valence-corrected chi connectivity index (χ4v) is 2.55. The average Bonchev–Trinajstić information content (AvgIpc) is 2.33. The van der Waals surface area contributed by atoms with Crippen LogP contribution in [0.3, 0.4) is 0 Å². The van der Waals surface area contributed by atoms with Crippen molar-refractivity contribution >= 4 is 29.0 Å². The molecular weight excluding hydrogens is 238 g/mol. The first-order chi connectivity index (χ1) is 8.06. The largest absolute Gasteiger partial charge is 0.323 e. The van der Waals surface area contributed by atoms with Crippen molar-refractivity contribution in [1.29, 1.82) is 0 Å². The van der Waals surface area contributed by atoms with Crippen LogP contribution in [0.1, 0.15) is 37.0 Å². The maximum absolute atomic E-state index is 12.4. The van der Waals surface area contributed by atoms with Crippen LogP contribution in [0.2, 0.25) is 5.02 Å². The Bertz CT molecular complexity index is 492. The van der Waals surface area contributed by atoms with Gasteiger partial charge in [-0.3, -0.25) is 9.59 Å². The van der Waals surface area contributed by atoms with Crippen LogP contribution in [0.25, 0.3) is 0 Å². The minimum atomic E-state index is -0.933. The van der Waals surface area contributed by atoms with Crippen LogP contribution < -0.4 is 5.32 Å². The molecule has 0 atom stereocenters. The van der Waals surface area contributed by atoms with Gasteiger partial charge in [0.25, 0.3) is 0 Å². The van der Waals surface area contributed by atoms with Crippen molar-refractivity contribution in [2.75, 3.05) is 5.32 Å². The van der Waals surface area contributed by atoms with E-state index in [4.69, 9.17) is 11.6 Å². The standard InChI is InChI=1S/C13H14ClNO2/c1-3-13(4-2)11(16)8-6-5-7-9(14)10(8)15-12(13)17/h5-7H,3-4H2,1-2H3,(H,15,17). The highest BCUT2D eigenvalue weighted by Crippen LogP contribution is 2.41. The van der Waals surface area contributed by atoms with Gasteiger partial charge in [-0.2, -0.15) is 0 Å². The Balaban J connectivity index is 2.63. The zero-order chi connectivity index (χ0) is 12.6. The van der Waals surface area contributed by atoms with Crippen molar-refractivity contribution in [3.8, 4) is 0 Å². The molecule has 1 N–H and O–H groups in total. The lowest BCUT2D eigenvalue weighted by atomic mass is 9.72. The van der Waals surface area contributed by atoms with E-state index in [9.17, 15) is 9.59 Å². The van der Waals surface area contributed by atoms with Crippen molar-refractivity contribution in [3.05, 3.63) is 28.8 Å². The van der Waals surface area contributed by atoms with Gasteiger partial charge in [-0.1, -0.05) is 31.5 Å². The van der Waals surface area contributed by atoms with Crippen LogP contribution in [0.15, 0.2) is 18.2 Å². The number of benzene rings is 1. The fourth-order valence-electron chi connectivity index (χ4n) is 2.33. The van der Waals surface area contributed by atoms with E-state index in [1.807, 2.05) is 13.8 Å². The van der Waals surface area contributed by atoms with E-state index in [0.29, 0.717) is 29.1 Å². The molecule has 0 spiro atoms. The van der Waals surface area contributed by atoms with Gasteiger partial charge in [0.1, 0.15) is 5.41 Å². The Morgan fingerprint density at radius 3 is 2.47 bits per heavy atom. The summed E-state index contributed by atoms with van der Waals surface area (Å²) in [7, 11) is 0. The third-order valence-corrected chi connectivity index (χ3v) is 3.89. The third-order valence-electron chi connectivity index (χ3n) is 3.57. The number of anilines is 1. The normalized spacial score (nSPS) is 17.6. The molecule has 4 heteroatoms. The lowest BCUT2D eigenvalue weighted by Crippen LogP contribution is -2.46. The molecule has 0 saturated carbocycles. The number of para-hydroxylation sites is 1. The van der Waals surface area contributed by atoms with Gasteiger partial charge in [0.15, 0.2) is 5.78 Å². The van der Waals surface area contributed by atoms with E-state index in [1.165, 1.54) is 0 Å². The zero-order valence-electron chi connectivity index (χ0n) is 9.84. The summed E-state index contributed by atoms with van der Waals surface area (Å²) in [5.41, 5.74) is 0.0278. The molecule has 1 amide bonds. The van der Waals surface area contributed by atoms with Gasteiger partial charge in [0.05, 0.1) is 10.7 Å². The summed E-state index contributed by atoms with van der Waals surface area (Å²) in [4.78, 5) is 24.6. The maximum atomic E-state index is 12.4. The highest BCUT2D eigenvalue weighted by molar-refractivity contribution is 6.36. The fraction of sp³-hybridized carbons (Fsp3) is 0.385. The average molecular weight is 252 g/mol. The second-order valence-corrected chi connectivity index (χ2v) is 4.64. The van der Waals surface area contributed by atoms with E-state index in [-0.39, 0.29) is 11.7 Å². The molecule has 90 valence electrons.